The second-order valence-electron chi connectivity index (χ2n) is 5.74. The highest BCUT2D eigenvalue weighted by molar-refractivity contribution is 5.83. The molecule has 2 aliphatic rings. The number of carbonyl (C=O) groups excluding carboxylic acids is 1. The molecule has 0 atom stereocenters. The van der Waals surface area contributed by atoms with Crippen LogP contribution >= 0.6 is 0 Å². The Morgan fingerprint density at radius 2 is 1.58 bits per heavy atom. The number of likely N-dealkylation sites (tertiary alicyclic amines) is 1. The third-order valence-electron chi connectivity index (χ3n) is 4.40. The van der Waals surface area contributed by atoms with Gasteiger partial charge < -0.3 is 10.0 Å². The average molecular weight is 268 g/mol. The third kappa shape index (κ3) is 3.47. The molecular weight excluding hydrogens is 244 g/mol. The zero-order chi connectivity index (χ0) is 13.7. The van der Waals surface area contributed by atoms with Gasteiger partial charge in [0.1, 0.15) is 5.54 Å². The fourth-order valence-electron chi connectivity index (χ4n) is 2.85. The molecule has 2 fully saturated rings. The summed E-state index contributed by atoms with van der Waals surface area (Å²) in [6.45, 7) is 1.80. The lowest BCUT2D eigenvalue weighted by atomic mass is 9.77. The van der Waals surface area contributed by atoms with Crippen LogP contribution in [0.2, 0.25) is 0 Å². The summed E-state index contributed by atoms with van der Waals surface area (Å²) in [5.41, 5.74) is -0.835. The molecule has 0 radical (unpaired) electrons. The van der Waals surface area contributed by atoms with Crippen molar-refractivity contribution >= 4 is 11.9 Å². The molecule has 1 amide bonds. The van der Waals surface area contributed by atoms with Gasteiger partial charge in [-0.15, -0.1) is 0 Å². The standard InChI is InChI=1S/C14H24N2O3/c17-12(16-9-4-2-1-3-5-10-16)11-15-14(13(18)19)7-6-8-14/h15H,1-11H2,(H,18,19). The maximum atomic E-state index is 12.1. The van der Waals surface area contributed by atoms with E-state index in [0.717, 1.165) is 32.4 Å². The van der Waals surface area contributed by atoms with Crippen LogP contribution in [0.5, 0.6) is 0 Å². The van der Waals surface area contributed by atoms with Crippen molar-refractivity contribution in [2.45, 2.75) is 56.9 Å². The Balaban J connectivity index is 1.81. The molecular formula is C14H24N2O3. The van der Waals surface area contributed by atoms with E-state index in [0.29, 0.717) is 12.8 Å². The second-order valence-corrected chi connectivity index (χ2v) is 5.74. The van der Waals surface area contributed by atoms with E-state index in [4.69, 9.17) is 0 Å². The predicted octanol–water partition coefficient (Wildman–Crippen LogP) is 1.38. The van der Waals surface area contributed by atoms with Gasteiger partial charge in [0.15, 0.2) is 0 Å². The Kier molecular flexibility index (Phi) is 4.80. The van der Waals surface area contributed by atoms with Gasteiger partial charge in [0.2, 0.25) is 5.91 Å². The lowest BCUT2D eigenvalue weighted by Gasteiger charge is -2.38. The van der Waals surface area contributed by atoms with Crippen LogP contribution in [0.15, 0.2) is 0 Å². The van der Waals surface area contributed by atoms with Crippen molar-refractivity contribution in [1.82, 2.24) is 10.2 Å². The van der Waals surface area contributed by atoms with Gasteiger partial charge in [0.05, 0.1) is 6.54 Å². The van der Waals surface area contributed by atoms with Gasteiger partial charge in [-0.1, -0.05) is 19.3 Å². The van der Waals surface area contributed by atoms with Gasteiger partial charge >= 0.3 is 5.97 Å². The SMILES string of the molecule is O=C(CNC1(C(=O)O)CCC1)N1CCCCCCC1. The number of carbonyl (C=O) groups is 2. The van der Waals surface area contributed by atoms with Crippen molar-refractivity contribution in [3.8, 4) is 0 Å². The van der Waals surface area contributed by atoms with Gasteiger partial charge in [-0.2, -0.15) is 0 Å². The van der Waals surface area contributed by atoms with Crippen LogP contribution < -0.4 is 5.32 Å². The van der Waals surface area contributed by atoms with Crippen LogP contribution in [0.25, 0.3) is 0 Å². The normalized spacial score (nSPS) is 23.1. The summed E-state index contributed by atoms with van der Waals surface area (Å²) in [6, 6.07) is 0. The van der Waals surface area contributed by atoms with E-state index in [2.05, 4.69) is 5.32 Å². The van der Waals surface area contributed by atoms with Crippen LogP contribution in [0.3, 0.4) is 0 Å². The van der Waals surface area contributed by atoms with E-state index in [1.54, 1.807) is 0 Å². The number of hydrogen-bond donors (Lipinski definition) is 2. The predicted molar refractivity (Wildman–Crippen MR) is 71.9 cm³/mol. The molecule has 5 heteroatoms. The highest BCUT2D eigenvalue weighted by Crippen LogP contribution is 2.31. The number of rotatable bonds is 4. The number of carboxylic acids is 1. The number of nitrogens with zero attached hydrogens (tertiary/aromatic N) is 1. The van der Waals surface area contributed by atoms with Crippen LogP contribution in [-0.4, -0.2) is 47.1 Å². The topological polar surface area (TPSA) is 69.6 Å². The minimum atomic E-state index is -0.835. The van der Waals surface area contributed by atoms with Crippen molar-refractivity contribution in [2.75, 3.05) is 19.6 Å². The summed E-state index contributed by atoms with van der Waals surface area (Å²) in [5, 5.41) is 12.2. The lowest BCUT2D eigenvalue weighted by Crippen LogP contribution is -2.59. The summed E-state index contributed by atoms with van der Waals surface area (Å²) in [5.74, 6) is -0.770. The van der Waals surface area contributed by atoms with Crippen molar-refractivity contribution in [3.63, 3.8) is 0 Å². The molecule has 1 saturated carbocycles. The van der Waals surface area contributed by atoms with Gasteiger partial charge in [0.25, 0.3) is 0 Å². The Morgan fingerprint density at radius 1 is 1.00 bits per heavy atom. The molecule has 1 heterocycles. The van der Waals surface area contributed by atoms with E-state index in [1.807, 2.05) is 4.90 Å². The highest BCUT2D eigenvalue weighted by atomic mass is 16.4. The summed E-state index contributed by atoms with van der Waals surface area (Å²) in [6.07, 6.45) is 7.98. The van der Waals surface area contributed by atoms with E-state index >= 15 is 0 Å². The Bertz CT molecular complexity index is 332. The number of carboxylic acid groups (broad SMARTS) is 1. The number of aliphatic carboxylic acids is 1. The summed E-state index contributed by atoms with van der Waals surface area (Å²) in [4.78, 5) is 25.2. The Hall–Kier alpha value is -1.10. The van der Waals surface area contributed by atoms with Crippen LogP contribution in [0.1, 0.15) is 51.4 Å². The Labute approximate surface area is 114 Å². The van der Waals surface area contributed by atoms with E-state index in [9.17, 15) is 14.7 Å². The quantitative estimate of drug-likeness (QED) is 0.808. The first kappa shape index (κ1) is 14.3. The van der Waals surface area contributed by atoms with Crippen molar-refractivity contribution in [1.29, 1.82) is 0 Å². The summed E-state index contributed by atoms with van der Waals surface area (Å²) in [7, 11) is 0. The first-order valence-corrected chi connectivity index (χ1v) is 7.40. The third-order valence-corrected chi connectivity index (χ3v) is 4.40. The molecule has 0 aromatic rings. The molecule has 0 spiro atoms. The molecule has 0 aromatic carbocycles. The smallest absolute Gasteiger partial charge is 0.323 e. The van der Waals surface area contributed by atoms with Crippen LogP contribution in [0, 0.1) is 0 Å². The van der Waals surface area contributed by atoms with Crippen molar-refractivity contribution in [2.24, 2.45) is 0 Å². The number of amides is 1. The molecule has 0 bridgehead atoms. The molecule has 1 aliphatic carbocycles. The van der Waals surface area contributed by atoms with Gasteiger partial charge in [-0.25, -0.2) is 0 Å². The maximum absolute atomic E-state index is 12.1. The monoisotopic (exact) mass is 268 g/mol. The maximum Gasteiger partial charge on any atom is 0.323 e. The summed E-state index contributed by atoms with van der Waals surface area (Å²) < 4.78 is 0. The fourth-order valence-corrected chi connectivity index (χ4v) is 2.85. The second kappa shape index (κ2) is 6.37. The Morgan fingerprint density at radius 3 is 2.05 bits per heavy atom. The largest absolute Gasteiger partial charge is 0.480 e. The molecule has 5 nitrogen and oxygen atoms in total. The molecule has 0 unspecified atom stereocenters. The fraction of sp³-hybridized carbons (Fsp3) is 0.857. The zero-order valence-electron chi connectivity index (χ0n) is 11.5. The summed E-state index contributed by atoms with van der Waals surface area (Å²) >= 11 is 0. The number of hydrogen-bond acceptors (Lipinski definition) is 3. The molecule has 2 rings (SSSR count). The average Bonchev–Trinajstić information content (AvgIpc) is 2.26. The molecule has 19 heavy (non-hydrogen) atoms. The van der Waals surface area contributed by atoms with E-state index in [-0.39, 0.29) is 12.5 Å². The van der Waals surface area contributed by atoms with Crippen LogP contribution in [-0.2, 0) is 9.59 Å². The van der Waals surface area contributed by atoms with Crippen molar-refractivity contribution < 1.29 is 14.7 Å². The minimum absolute atomic E-state index is 0.0504. The molecule has 1 saturated heterocycles. The van der Waals surface area contributed by atoms with Gasteiger partial charge in [-0.3, -0.25) is 14.9 Å². The first-order chi connectivity index (χ1) is 9.14. The van der Waals surface area contributed by atoms with E-state index < -0.39 is 11.5 Å². The van der Waals surface area contributed by atoms with E-state index in [1.165, 1.54) is 19.3 Å². The number of nitrogens with one attached hydrogen (secondary N) is 1. The lowest BCUT2D eigenvalue weighted by molar-refractivity contribution is -0.149. The first-order valence-electron chi connectivity index (χ1n) is 7.40. The highest BCUT2D eigenvalue weighted by Gasteiger charge is 2.44. The molecule has 108 valence electrons. The molecule has 1 aliphatic heterocycles. The van der Waals surface area contributed by atoms with Gasteiger partial charge in [-0.05, 0) is 32.1 Å². The zero-order valence-corrected chi connectivity index (χ0v) is 11.5. The van der Waals surface area contributed by atoms with Gasteiger partial charge in [0, 0.05) is 13.1 Å². The van der Waals surface area contributed by atoms with Crippen LogP contribution in [0.4, 0.5) is 0 Å². The minimum Gasteiger partial charge on any atom is -0.480 e. The molecule has 2 N–H and O–H groups in total. The molecule has 0 aromatic heterocycles. The van der Waals surface area contributed by atoms with Crippen molar-refractivity contribution in [3.05, 3.63) is 0 Å².